The van der Waals surface area contributed by atoms with E-state index < -0.39 is 29.1 Å². The van der Waals surface area contributed by atoms with Gasteiger partial charge in [0.15, 0.2) is 11.0 Å². The molecule has 34 heavy (non-hydrogen) atoms. The van der Waals surface area contributed by atoms with Gasteiger partial charge < -0.3 is 5.32 Å². The predicted molar refractivity (Wildman–Crippen MR) is 122 cm³/mol. The van der Waals surface area contributed by atoms with Gasteiger partial charge in [0.1, 0.15) is 23.0 Å². The number of halogens is 3. The first-order chi connectivity index (χ1) is 16.4. The Morgan fingerprint density at radius 2 is 1.74 bits per heavy atom. The minimum Gasteiger partial charge on any atom is -0.342 e. The highest BCUT2D eigenvalue weighted by Gasteiger charge is 2.23. The van der Waals surface area contributed by atoms with E-state index in [1.54, 1.807) is 37.5 Å². The van der Waals surface area contributed by atoms with Gasteiger partial charge in [-0.15, -0.1) is 10.2 Å². The zero-order valence-electron chi connectivity index (χ0n) is 18.1. The van der Waals surface area contributed by atoms with Crippen molar-refractivity contribution in [1.29, 1.82) is 0 Å². The molecule has 0 bridgehead atoms. The van der Waals surface area contributed by atoms with Gasteiger partial charge in [0.25, 0.3) is 5.91 Å². The summed E-state index contributed by atoms with van der Waals surface area (Å²) < 4.78 is 43.1. The van der Waals surface area contributed by atoms with Crippen LogP contribution in [0.5, 0.6) is 0 Å². The smallest absolute Gasteiger partial charge is 0.257 e. The van der Waals surface area contributed by atoms with E-state index in [4.69, 9.17) is 0 Å². The topological polar surface area (TPSA) is 72.7 Å². The molecule has 174 valence electrons. The van der Waals surface area contributed by atoms with Crippen LogP contribution in [0.1, 0.15) is 40.3 Å². The Labute approximate surface area is 198 Å². The van der Waals surface area contributed by atoms with E-state index in [1.807, 2.05) is 10.6 Å². The van der Waals surface area contributed by atoms with Crippen molar-refractivity contribution < 1.29 is 18.0 Å². The summed E-state index contributed by atoms with van der Waals surface area (Å²) >= 11 is 1.40. The van der Waals surface area contributed by atoms with Crippen LogP contribution < -0.4 is 5.32 Å². The van der Waals surface area contributed by atoms with Crippen molar-refractivity contribution in [3.63, 3.8) is 0 Å². The number of carbonyl (C=O) groups is 1. The summed E-state index contributed by atoms with van der Waals surface area (Å²) in [7, 11) is 0. The standard InChI is InChI=1S/C24H20F3N5OS/c1-15(29-23(33)21-19(26)5-2-6-20(21)27)22-30-31-24(32(22)13-17-4-3-11-28-12-17)34-14-16-7-9-18(25)10-8-16/h2-12,15H,13-14H2,1H3,(H,29,33). The monoisotopic (exact) mass is 483 g/mol. The van der Waals surface area contributed by atoms with Gasteiger partial charge in [-0.25, -0.2) is 13.2 Å². The Morgan fingerprint density at radius 1 is 1.00 bits per heavy atom. The molecular weight excluding hydrogens is 463 g/mol. The van der Waals surface area contributed by atoms with Crippen LogP contribution in [0.2, 0.25) is 0 Å². The lowest BCUT2D eigenvalue weighted by Gasteiger charge is -2.17. The fraction of sp³-hybridized carbons (Fsp3) is 0.167. The van der Waals surface area contributed by atoms with Crippen LogP contribution in [0.4, 0.5) is 13.2 Å². The second-order valence-electron chi connectivity index (χ2n) is 7.50. The fourth-order valence-corrected chi connectivity index (χ4v) is 4.23. The predicted octanol–water partition coefficient (Wildman–Crippen LogP) is 4.92. The molecule has 0 aliphatic carbocycles. The maximum Gasteiger partial charge on any atom is 0.257 e. The van der Waals surface area contributed by atoms with Crippen LogP contribution in [0, 0.1) is 17.5 Å². The van der Waals surface area contributed by atoms with Gasteiger partial charge in [-0.2, -0.15) is 0 Å². The minimum atomic E-state index is -0.947. The molecule has 0 aliphatic heterocycles. The number of pyridine rings is 1. The SMILES string of the molecule is CC(NC(=O)c1c(F)cccc1F)c1nnc(SCc2ccc(F)cc2)n1Cc1cccnc1. The molecule has 2 aromatic carbocycles. The molecule has 0 spiro atoms. The van der Waals surface area contributed by atoms with Gasteiger partial charge in [-0.3, -0.25) is 14.3 Å². The highest BCUT2D eigenvalue weighted by atomic mass is 32.2. The second-order valence-corrected chi connectivity index (χ2v) is 8.44. The van der Waals surface area contributed by atoms with Crippen LogP contribution in [0.3, 0.4) is 0 Å². The number of nitrogens with one attached hydrogen (secondary N) is 1. The summed E-state index contributed by atoms with van der Waals surface area (Å²) in [6.45, 7) is 2.03. The maximum atomic E-state index is 14.0. The quantitative estimate of drug-likeness (QED) is 0.360. The second kappa shape index (κ2) is 10.5. The Hall–Kier alpha value is -3.66. The molecule has 0 radical (unpaired) electrons. The third kappa shape index (κ3) is 5.45. The average molecular weight is 484 g/mol. The number of thioether (sulfide) groups is 1. The van der Waals surface area contributed by atoms with Crippen LogP contribution in [-0.4, -0.2) is 25.7 Å². The van der Waals surface area contributed by atoms with E-state index in [9.17, 15) is 18.0 Å². The maximum absolute atomic E-state index is 14.0. The molecule has 4 aromatic rings. The van der Waals surface area contributed by atoms with Gasteiger partial charge in [0.05, 0.1) is 12.6 Å². The molecule has 1 N–H and O–H groups in total. The molecule has 0 fully saturated rings. The lowest BCUT2D eigenvalue weighted by atomic mass is 10.1. The molecule has 4 rings (SSSR count). The summed E-state index contributed by atoms with van der Waals surface area (Å²) in [4.78, 5) is 16.7. The summed E-state index contributed by atoms with van der Waals surface area (Å²) in [6, 6.07) is 12.4. The van der Waals surface area contributed by atoms with E-state index in [2.05, 4.69) is 20.5 Å². The van der Waals surface area contributed by atoms with Crippen molar-refractivity contribution in [3.05, 3.63) is 107 Å². The van der Waals surface area contributed by atoms with Crippen molar-refractivity contribution in [2.45, 2.75) is 30.4 Å². The third-order valence-electron chi connectivity index (χ3n) is 5.01. The Morgan fingerprint density at radius 3 is 2.41 bits per heavy atom. The third-order valence-corrected chi connectivity index (χ3v) is 6.05. The summed E-state index contributed by atoms with van der Waals surface area (Å²) in [6.07, 6.45) is 3.36. The van der Waals surface area contributed by atoms with Gasteiger partial charge >= 0.3 is 0 Å². The first-order valence-electron chi connectivity index (χ1n) is 10.4. The van der Waals surface area contributed by atoms with Crippen LogP contribution >= 0.6 is 11.8 Å². The first-order valence-corrected chi connectivity index (χ1v) is 11.3. The zero-order chi connectivity index (χ0) is 24.1. The largest absolute Gasteiger partial charge is 0.342 e. The lowest BCUT2D eigenvalue weighted by molar-refractivity contribution is 0.0929. The number of aromatic nitrogens is 4. The molecule has 6 nitrogen and oxygen atoms in total. The number of benzene rings is 2. The van der Waals surface area contributed by atoms with Gasteiger partial charge in [0.2, 0.25) is 0 Å². The molecule has 0 saturated carbocycles. The number of rotatable bonds is 8. The van der Waals surface area contributed by atoms with E-state index >= 15 is 0 Å². The van der Waals surface area contributed by atoms with Crippen molar-refractivity contribution in [3.8, 4) is 0 Å². The van der Waals surface area contributed by atoms with Gasteiger partial charge in [0, 0.05) is 18.1 Å². The van der Waals surface area contributed by atoms with Crippen molar-refractivity contribution in [1.82, 2.24) is 25.1 Å². The molecular formula is C24H20F3N5OS. The average Bonchev–Trinajstić information content (AvgIpc) is 3.21. The molecule has 0 aliphatic rings. The Balaban J connectivity index is 1.59. The number of nitrogens with zero attached hydrogens (tertiary/aromatic N) is 4. The van der Waals surface area contributed by atoms with Crippen LogP contribution in [0.25, 0.3) is 0 Å². The molecule has 2 aromatic heterocycles. The summed E-state index contributed by atoms with van der Waals surface area (Å²) in [5.41, 5.74) is 1.13. The molecule has 0 saturated heterocycles. The van der Waals surface area contributed by atoms with Crippen LogP contribution in [0.15, 0.2) is 72.1 Å². The first kappa shape index (κ1) is 23.5. The van der Waals surface area contributed by atoms with Crippen molar-refractivity contribution >= 4 is 17.7 Å². The highest BCUT2D eigenvalue weighted by Crippen LogP contribution is 2.25. The highest BCUT2D eigenvalue weighted by molar-refractivity contribution is 7.98. The Kier molecular flexibility index (Phi) is 7.27. The molecule has 1 atom stereocenters. The fourth-order valence-electron chi connectivity index (χ4n) is 3.33. The number of hydrogen-bond acceptors (Lipinski definition) is 5. The number of amides is 1. The van der Waals surface area contributed by atoms with Gasteiger partial charge in [-0.1, -0.05) is 36.0 Å². The molecule has 1 unspecified atom stereocenters. The van der Waals surface area contributed by atoms with Crippen LogP contribution in [-0.2, 0) is 12.3 Å². The lowest BCUT2D eigenvalue weighted by Crippen LogP contribution is -2.30. The molecule has 2 heterocycles. The van der Waals surface area contributed by atoms with Crippen molar-refractivity contribution in [2.75, 3.05) is 0 Å². The Bertz CT molecular complexity index is 1260. The van der Waals surface area contributed by atoms with Gasteiger partial charge in [-0.05, 0) is 48.4 Å². The number of hydrogen-bond donors (Lipinski definition) is 1. The normalized spacial score (nSPS) is 11.9. The minimum absolute atomic E-state index is 0.313. The zero-order valence-corrected chi connectivity index (χ0v) is 18.9. The summed E-state index contributed by atoms with van der Waals surface area (Å²) in [5, 5.41) is 11.7. The van der Waals surface area contributed by atoms with E-state index in [0.29, 0.717) is 23.3 Å². The van der Waals surface area contributed by atoms with E-state index in [-0.39, 0.29) is 5.82 Å². The number of carbonyl (C=O) groups excluding carboxylic acids is 1. The van der Waals surface area contributed by atoms with E-state index in [1.165, 1.54) is 30.0 Å². The van der Waals surface area contributed by atoms with Crippen molar-refractivity contribution in [2.24, 2.45) is 0 Å². The van der Waals surface area contributed by atoms with E-state index in [0.717, 1.165) is 23.3 Å². The summed E-state index contributed by atoms with van der Waals surface area (Å²) in [5.74, 6) is -2.16. The molecule has 1 amide bonds. The molecule has 10 heteroatoms.